The molecule has 0 aliphatic carbocycles. The van der Waals surface area contributed by atoms with E-state index in [1.807, 2.05) is 6.07 Å². The van der Waals surface area contributed by atoms with E-state index < -0.39 is 0 Å². The van der Waals surface area contributed by atoms with Crippen LogP contribution in [0.15, 0.2) is 40.8 Å². The van der Waals surface area contributed by atoms with E-state index >= 15 is 0 Å². The van der Waals surface area contributed by atoms with Gasteiger partial charge in [0.05, 0.1) is 24.2 Å². The number of carbonyl (C=O) groups is 1. The van der Waals surface area contributed by atoms with E-state index in [9.17, 15) is 9.18 Å². The summed E-state index contributed by atoms with van der Waals surface area (Å²) in [6.45, 7) is 2.29. The fourth-order valence-electron chi connectivity index (χ4n) is 2.96. The second-order valence-corrected chi connectivity index (χ2v) is 6.40. The molecule has 0 saturated heterocycles. The molecule has 0 atom stereocenters. The molecule has 0 bridgehead atoms. The van der Waals surface area contributed by atoms with Crippen LogP contribution in [-0.2, 0) is 22.5 Å². The molecule has 0 radical (unpaired) electrons. The van der Waals surface area contributed by atoms with Crippen LogP contribution < -0.4 is 0 Å². The maximum atomic E-state index is 13.4. The Balaban J connectivity index is 1.72. The van der Waals surface area contributed by atoms with Crippen molar-refractivity contribution < 1.29 is 18.3 Å². The van der Waals surface area contributed by atoms with Gasteiger partial charge in [-0.2, -0.15) is 5.10 Å². The van der Waals surface area contributed by atoms with Gasteiger partial charge in [0.15, 0.2) is 5.58 Å². The Labute approximate surface area is 158 Å². The summed E-state index contributed by atoms with van der Waals surface area (Å²) in [5.41, 5.74) is 2.29. The predicted octanol–water partition coefficient (Wildman–Crippen LogP) is 4.12. The summed E-state index contributed by atoms with van der Waals surface area (Å²) in [5, 5.41) is 5.83. The molecule has 0 spiro atoms. The molecule has 2 aromatic heterocycles. The lowest BCUT2D eigenvalue weighted by atomic mass is 10.1. The third kappa shape index (κ3) is 3.50. The van der Waals surface area contributed by atoms with Crippen molar-refractivity contribution in [2.45, 2.75) is 19.9 Å². The van der Waals surface area contributed by atoms with E-state index in [1.165, 1.54) is 18.2 Å². The number of hydrogen-bond donors (Lipinski definition) is 0. The van der Waals surface area contributed by atoms with E-state index in [4.69, 9.17) is 20.8 Å². The second kappa shape index (κ2) is 7.00. The van der Waals surface area contributed by atoms with Gasteiger partial charge in [-0.25, -0.2) is 9.37 Å². The molecular formula is C19H15ClFN3O3. The third-order valence-electron chi connectivity index (χ3n) is 4.09. The third-order valence-corrected chi connectivity index (χ3v) is 4.32. The zero-order chi connectivity index (χ0) is 19.0. The van der Waals surface area contributed by atoms with Crippen molar-refractivity contribution in [2.75, 3.05) is 6.61 Å². The number of oxazole rings is 1. The molecule has 0 N–H and O–H groups in total. The molecule has 0 unspecified atom stereocenters. The summed E-state index contributed by atoms with van der Waals surface area (Å²) in [6.07, 6.45) is 0.0381. The van der Waals surface area contributed by atoms with Gasteiger partial charge in [-0.3, -0.25) is 9.48 Å². The van der Waals surface area contributed by atoms with Crippen molar-refractivity contribution in [3.8, 4) is 0 Å². The highest BCUT2D eigenvalue weighted by molar-refractivity contribution is 6.31. The van der Waals surface area contributed by atoms with E-state index in [-0.39, 0.29) is 24.8 Å². The van der Waals surface area contributed by atoms with Crippen molar-refractivity contribution in [1.82, 2.24) is 14.8 Å². The van der Waals surface area contributed by atoms with Crippen molar-refractivity contribution in [2.24, 2.45) is 0 Å². The largest absolute Gasteiger partial charge is 0.466 e. The van der Waals surface area contributed by atoms with Gasteiger partial charge < -0.3 is 9.15 Å². The number of fused-ring (bicyclic) bond motifs is 2. The molecule has 4 rings (SSSR count). The Kier molecular flexibility index (Phi) is 4.53. The summed E-state index contributed by atoms with van der Waals surface area (Å²) in [7, 11) is 0. The van der Waals surface area contributed by atoms with Crippen LogP contribution in [-0.4, -0.2) is 27.3 Å². The lowest BCUT2D eigenvalue weighted by molar-refractivity contribution is -0.142. The highest BCUT2D eigenvalue weighted by Crippen LogP contribution is 2.25. The topological polar surface area (TPSA) is 70.2 Å². The maximum absolute atomic E-state index is 13.4. The smallest absolute Gasteiger partial charge is 0.311 e. The summed E-state index contributed by atoms with van der Waals surface area (Å²) >= 11 is 6.11. The SMILES string of the molecule is CCOC(=O)Cc1nn(Cc2nc3cc(F)ccc3o2)c2ccc(Cl)cc12. The minimum Gasteiger partial charge on any atom is -0.466 e. The van der Waals surface area contributed by atoms with Gasteiger partial charge in [0.2, 0.25) is 5.89 Å². The monoisotopic (exact) mass is 387 g/mol. The Bertz CT molecular complexity index is 1150. The van der Waals surface area contributed by atoms with Crippen LogP contribution in [0.2, 0.25) is 5.02 Å². The van der Waals surface area contributed by atoms with E-state index in [0.29, 0.717) is 34.3 Å². The fourth-order valence-corrected chi connectivity index (χ4v) is 3.13. The first-order valence-corrected chi connectivity index (χ1v) is 8.77. The van der Waals surface area contributed by atoms with Crippen LogP contribution in [0.4, 0.5) is 4.39 Å². The summed E-state index contributed by atoms with van der Waals surface area (Å²) in [4.78, 5) is 16.2. The number of halogens is 2. The average molecular weight is 388 g/mol. The molecule has 2 heterocycles. The lowest BCUT2D eigenvalue weighted by Crippen LogP contribution is -2.09. The summed E-state index contributed by atoms with van der Waals surface area (Å²) in [5.74, 6) is -0.350. The maximum Gasteiger partial charge on any atom is 0.311 e. The van der Waals surface area contributed by atoms with Crippen molar-refractivity contribution in [3.05, 3.63) is 58.8 Å². The lowest BCUT2D eigenvalue weighted by Gasteiger charge is -1.99. The molecule has 2 aromatic carbocycles. The van der Waals surface area contributed by atoms with Gasteiger partial charge >= 0.3 is 5.97 Å². The molecule has 4 aromatic rings. The first-order chi connectivity index (χ1) is 13.0. The average Bonchev–Trinajstić information content (AvgIpc) is 3.16. The van der Waals surface area contributed by atoms with Crippen LogP contribution >= 0.6 is 11.6 Å². The fraction of sp³-hybridized carbons (Fsp3) is 0.211. The van der Waals surface area contributed by atoms with Crippen molar-refractivity contribution in [1.29, 1.82) is 0 Å². The molecule has 0 fully saturated rings. The van der Waals surface area contributed by atoms with Crippen molar-refractivity contribution >= 4 is 39.6 Å². The minimum atomic E-state index is -0.377. The van der Waals surface area contributed by atoms with E-state index in [0.717, 1.165) is 10.9 Å². The Morgan fingerprint density at radius 3 is 2.96 bits per heavy atom. The minimum absolute atomic E-state index is 0.0381. The second-order valence-electron chi connectivity index (χ2n) is 5.97. The number of hydrogen-bond acceptors (Lipinski definition) is 5. The van der Waals surface area contributed by atoms with Crippen molar-refractivity contribution in [3.63, 3.8) is 0 Å². The van der Waals surface area contributed by atoms with Gasteiger partial charge in [-0.1, -0.05) is 11.6 Å². The number of carbonyl (C=O) groups excluding carboxylic acids is 1. The molecule has 8 heteroatoms. The highest BCUT2D eigenvalue weighted by atomic mass is 35.5. The number of aromatic nitrogens is 3. The zero-order valence-corrected chi connectivity index (χ0v) is 15.2. The number of ether oxygens (including phenoxy) is 1. The van der Waals surface area contributed by atoms with Crippen LogP contribution in [0.1, 0.15) is 18.5 Å². The molecule has 0 saturated carbocycles. The van der Waals surface area contributed by atoms with Gasteiger partial charge in [0, 0.05) is 16.5 Å². The van der Waals surface area contributed by atoms with Crippen LogP contribution in [0, 0.1) is 5.82 Å². The Morgan fingerprint density at radius 1 is 1.30 bits per heavy atom. The standard InChI is InChI=1S/C19H15ClFN3O3/c1-2-26-19(25)9-14-13-7-11(20)3-5-16(13)24(23-14)10-18-22-15-8-12(21)4-6-17(15)27-18/h3-8H,2,9-10H2,1H3. The first-order valence-electron chi connectivity index (χ1n) is 8.39. The first kappa shape index (κ1) is 17.5. The Hall–Kier alpha value is -2.93. The molecule has 0 aliphatic heterocycles. The van der Waals surface area contributed by atoms with Crippen LogP contribution in [0.5, 0.6) is 0 Å². The van der Waals surface area contributed by atoms with Gasteiger partial charge in [0.25, 0.3) is 0 Å². The van der Waals surface area contributed by atoms with Gasteiger partial charge in [0.1, 0.15) is 17.9 Å². The number of esters is 1. The predicted molar refractivity (Wildman–Crippen MR) is 98.1 cm³/mol. The van der Waals surface area contributed by atoms with Crippen LogP contribution in [0.25, 0.3) is 22.0 Å². The quantitative estimate of drug-likeness (QED) is 0.482. The van der Waals surface area contributed by atoms with Crippen LogP contribution in [0.3, 0.4) is 0 Å². The number of nitrogens with zero attached hydrogens (tertiary/aromatic N) is 3. The van der Waals surface area contributed by atoms with E-state index in [2.05, 4.69) is 10.1 Å². The summed E-state index contributed by atoms with van der Waals surface area (Å²) in [6, 6.07) is 9.50. The molecule has 138 valence electrons. The Morgan fingerprint density at radius 2 is 2.15 bits per heavy atom. The number of benzene rings is 2. The molecule has 27 heavy (non-hydrogen) atoms. The van der Waals surface area contributed by atoms with Gasteiger partial charge in [-0.05, 0) is 37.3 Å². The molecule has 6 nitrogen and oxygen atoms in total. The summed E-state index contributed by atoms with van der Waals surface area (Å²) < 4.78 is 25.7. The normalized spacial score (nSPS) is 11.4. The molecular weight excluding hydrogens is 373 g/mol. The molecule has 0 aliphatic rings. The highest BCUT2D eigenvalue weighted by Gasteiger charge is 2.17. The zero-order valence-electron chi connectivity index (χ0n) is 14.4. The molecule has 0 amide bonds. The van der Waals surface area contributed by atoms with E-state index in [1.54, 1.807) is 23.7 Å². The van der Waals surface area contributed by atoms with Gasteiger partial charge in [-0.15, -0.1) is 0 Å². The number of rotatable bonds is 5.